The van der Waals surface area contributed by atoms with Gasteiger partial charge in [-0.15, -0.1) is 0 Å². The SMILES string of the molecule is CN(Cc1ccc(Br)o1)C(=O)C1CCNc2ccccc21. The highest BCUT2D eigenvalue weighted by molar-refractivity contribution is 9.10. The van der Waals surface area contributed by atoms with E-state index in [-0.39, 0.29) is 11.8 Å². The minimum absolute atomic E-state index is 0.0779. The number of para-hydroxylation sites is 1. The van der Waals surface area contributed by atoms with Gasteiger partial charge in [-0.2, -0.15) is 0 Å². The van der Waals surface area contributed by atoms with Crippen molar-refractivity contribution in [3.05, 3.63) is 52.4 Å². The number of rotatable bonds is 3. The number of hydrogen-bond acceptors (Lipinski definition) is 3. The van der Waals surface area contributed by atoms with Gasteiger partial charge in [0.25, 0.3) is 0 Å². The van der Waals surface area contributed by atoms with E-state index in [1.54, 1.807) is 4.90 Å². The Morgan fingerprint density at radius 1 is 1.38 bits per heavy atom. The van der Waals surface area contributed by atoms with Gasteiger partial charge in [0.15, 0.2) is 4.67 Å². The minimum Gasteiger partial charge on any atom is -0.452 e. The first-order valence-corrected chi connectivity index (χ1v) is 7.76. The Kier molecular flexibility index (Phi) is 4.01. The summed E-state index contributed by atoms with van der Waals surface area (Å²) in [6.07, 6.45) is 0.821. The molecule has 4 nitrogen and oxygen atoms in total. The lowest BCUT2D eigenvalue weighted by Gasteiger charge is -2.29. The van der Waals surface area contributed by atoms with Gasteiger partial charge in [-0.3, -0.25) is 4.79 Å². The van der Waals surface area contributed by atoms with Gasteiger partial charge in [-0.05, 0) is 46.1 Å². The van der Waals surface area contributed by atoms with Crippen molar-refractivity contribution < 1.29 is 9.21 Å². The van der Waals surface area contributed by atoms with Gasteiger partial charge in [0.2, 0.25) is 5.91 Å². The van der Waals surface area contributed by atoms with Gasteiger partial charge in [0.05, 0.1) is 12.5 Å². The van der Waals surface area contributed by atoms with Crippen LogP contribution < -0.4 is 5.32 Å². The highest BCUT2D eigenvalue weighted by atomic mass is 79.9. The Morgan fingerprint density at radius 3 is 2.95 bits per heavy atom. The van der Waals surface area contributed by atoms with E-state index in [9.17, 15) is 4.79 Å². The summed E-state index contributed by atoms with van der Waals surface area (Å²) in [6.45, 7) is 1.31. The maximum absolute atomic E-state index is 12.7. The molecule has 2 aromatic rings. The number of nitrogens with one attached hydrogen (secondary N) is 1. The van der Waals surface area contributed by atoms with Crippen molar-refractivity contribution in [3.63, 3.8) is 0 Å². The molecule has 0 radical (unpaired) electrons. The average Bonchev–Trinajstić information content (AvgIpc) is 2.91. The van der Waals surface area contributed by atoms with Crippen LogP contribution in [0.25, 0.3) is 0 Å². The smallest absolute Gasteiger partial charge is 0.230 e. The topological polar surface area (TPSA) is 45.5 Å². The predicted molar refractivity (Wildman–Crippen MR) is 85.2 cm³/mol. The zero-order valence-corrected chi connectivity index (χ0v) is 13.4. The second-order valence-electron chi connectivity index (χ2n) is 5.26. The van der Waals surface area contributed by atoms with E-state index in [1.165, 1.54) is 0 Å². The molecule has 110 valence electrons. The van der Waals surface area contributed by atoms with Crippen molar-refractivity contribution >= 4 is 27.5 Å². The monoisotopic (exact) mass is 348 g/mol. The molecule has 1 aliphatic rings. The zero-order valence-electron chi connectivity index (χ0n) is 11.8. The lowest BCUT2D eigenvalue weighted by molar-refractivity contribution is -0.132. The van der Waals surface area contributed by atoms with Gasteiger partial charge >= 0.3 is 0 Å². The number of fused-ring (bicyclic) bond motifs is 1. The first-order chi connectivity index (χ1) is 10.1. The van der Waals surface area contributed by atoms with Crippen molar-refractivity contribution in [2.45, 2.75) is 18.9 Å². The highest BCUT2D eigenvalue weighted by Crippen LogP contribution is 2.32. The molecule has 1 amide bonds. The third kappa shape index (κ3) is 2.97. The Morgan fingerprint density at radius 2 is 2.19 bits per heavy atom. The Balaban J connectivity index is 1.76. The lowest BCUT2D eigenvalue weighted by Crippen LogP contribution is -2.34. The van der Waals surface area contributed by atoms with Crippen LogP contribution in [0.15, 0.2) is 45.5 Å². The molecule has 1 N–H and O–H groups in total. The molecule has 0 fully saturated rings. The molecule has 1 aromatic heterocycles. The van der Waals surface area contributed by atoms with Gasteiger partial charge in [-0.25, -0.2) is 0 Å². The molecule has 0 aliphatic carbocycles. The number of nitrogens with zero attached hydrogens (tertiary/aromatic N) is 1. The average molecular weight is 349 g/mol. The van der Waals surface area contributed by atoms with Gasteiger partial charge in [-0.1, -0.05) is 18.2 Å². The van der Waals surface area contributed by atoms with Crippen LogP contribution in [0.4, 0.5) is 5.69 Å². The maximum atomic E-state index is 12.7. The lowest BCUT2D eigenvalue weighted by atomic mass is 9.90. The van der Waals surface area contributed by atoms with Gasteiger partial charge in [0, 0.05) is 19.3 Å². The van der Waals surface area contributed by atoms with Crippen molar-refractivity contribution in [3.8, 4) is 0 Å². The third-order valence-electron chi connectivity index (χ3n) is 3.78. The molecule has 1 aromatic carbocycles. The van der Waals surface area contributed by atoms with Crippen LogP contribution in [0.5, 0.6) is 0 Å². The van der Waals surface area contributed by atoms with E-state index in [4.69, 9.17) is 4.42 Å². The number of hydrogen-bond donors (Lipinski definition) is 1. The molecule has 0 bridgehead atoms. The second-order valence-corrected chi connectivity index (χ2v) is 6.04. The molecule has 21 heavy (non-hydrogen) atoms. The zero-order chi connectivity index (χ0) is 14.8. The number of benzene rings is 1. The van der Waals surface area contributed by atoms with E-state index in [2.05, 4.69) is 21.2 Å². The van der Waals surface area contributed by atoms with E-state index >= 15 is 0 Å². The van der Waals surface area contributed by atoms with Crippen LogP contribution in [-0.4, -0.2) is 24.4 Å². The molecule has 1 atom stereocenters. The van der Waals surface area contributed by atoms with Crippen molar-refractivity contribution in [1.29, 1.82) is 0 Å². The van der Waals surface area contributed by atoms with Crippen LogP contribution in [-0.2, 0) is 11.3 Å². The van der Waals surface area contributed by atoms with E-state index in [0.717, 1.165) is 30.0 Å². The third-order valence-corrected chi connectivity index (χ3v) is 4.21. The molecule has 0 saturated heterocycles. The predicted octanol–water partition coefficient (Wildman–Crippen LogP) is 3.60. The van der Waals surface area contributed by atoms with Crippen LogP contribution in [0.1, 0.15) is 23.7 Å². The minimum atomic E-state index is -0.0779. The summed E-state index contributed by atoms with van der Waals surface area (Å²) in [4.78, 5) is 14.5. The Hall–Kier alpha value is -1.75. The molecule has 5 heteroatoms. The first kappa shape index (κ1) is 14.2. The van der Waals surface area contributed by atoms with Crippen molar-refractivity contribution in [2.75, 3.05) is 18.9 Å². The Labute approximate surface area is 132 Å². The number of anilines is 1. The van der Waals surface area contributed by atoms with Gasteiger partial charge in [0.1, 0.15) is 5.76 Å². The molecule has 1 unspecified atom stereocenters. The number of halogens is 1. The van der Waals surface area contributed by atoms with E-state index in [0.29, 0.717) is 11.2 Å². The number of likely N-dealkylation sites (N-methyl/N-ethyl adjacent to an activating group) is 1. The number of carbonyl (C=O) groups is 1. The largest absolute Gasteiger partial charge is 0.452 e. The fraction of sp³-hybridized carbons (Fsp3) is 0.312. The summed E-state index contributed by atoms with van der Waals surface area (Å²) >= 11 is 3.28. The number of amides is 1. The van der Waals surface area contributed by atoms with Gasteiger partial charge < -0.3 is 14.6 Å². The van der Waals surface area contributed by atoms with Crippen LogP contribution in [0.2, 0.25) is 0 Å². The molecule has 3 rings (SSSR count). The van der Waals surface area contributed by atoms with E-state index in [1.807, 2.05) is 43.4 Å². The van der Waals surface area contributed by atoms with Crippen LogP contribution >= 0.6 is 15.9 Å². The number of carbonyl (C=O) groups excluding carboxylic acids is 1. The second kappa shape index (κ2) is 5.93. The summed E-state index contributed by atoms with van der Waals surface area (Å²) in [5.41, 5.74) is 2.15. The van der Waals surface area contributed by atoms with E-state index < -0.39 is 0 Å². The van der Waals surface area contributed by atoms with Crippen molar-refractivity contribution in [2.24, 2.45) is 0 Å². The quantitative estimate of drug-likeness (QED) is 0.921. The number of furan rings is 1. The molecule has 0 spiro atoms. The van der Waals surface area contributed by atoms with Crippen LogP contribution in [0.3, 0.4) is 0 Å². The molecule has 0 saturated carbocycles. The summed E-state index contributed by atoms with van der Waals surface area (Å²) in [7, 11) is 1.82. The fourth-order valence-electron chi connectivity index (χ4n) is 2.74. The summed E-state index contributed by atoms with van der Waals surface area (Å²) < 4.78 is 6.16. The normalized spacial score (nSPS) is 17.0. The molecule has 1 aliphatic heterocycles. The standard InChI is InChI=1S/C16H17BrN2O2/c1-19(10-11-6-7-15(17)21-11)16(20)13-8-9-18-14-5-3-2-4-12(13)14/h2-7,13,18H,8-10H2,1H3. The summed E-state index contributed by atoms with van der Waals surface area (Å²) in [6, 6.07) is 11.7. The molecular weight excluding hydrogens is 332 g/mol. The Bertz CT molecular complexity index is 653. The first-order valence-electron chi connectivity index (χ1n) is 6.97. The highest BCUT2D eigenvalue weighted by Gasteiger charge is 2.28. The molecular formula is C16H17BrN2O2. The van der Waals surface area contributed by atoms with Crippen molar-refractivity contribution in [1.82, 2.24) is 4.90 Å². The molecule has 2 heterocycles. The summed E-state index contributed by atoms with van der Waals surface area (Å²) in [5.74, 6) is 0.835. The summed E-state index contributed by atoms with van der Waals surface area (Å²) in [5, 5.41) is 3.34. The van der Waals surface area contributed by atoms with Crippen LogP contribution in [0, 0.1) is 0 Å². The maximum Gasteiger partial charge on any atom is 0.230 e. The fourth-order valence-corrected chi connectivity index (χ4v) is 3.08.